The average molecular weight is 223 g/mol. The maximum Gasteiger partial charge on any atom is 0.140 e. The second-order valence-electron chi connectivity index (χ2n) is 5.82. The highest BCUT2D eigenvalue weighted by molar-refractivity contribution is 5.85. The largest absolute Gasteiger partial charge is 0.329 e. The summed E-state index contributed by atoms with van der Waals surface area (Å²) in [4.78, 5) is 12.4. The third-order valence-corrected chi connectivity index (χ3v) is 4.74. The van der Waals surface area contributed by atoms with E-state index in [4.69, 9.17) is 5.73 Å². The standard InChI is InChI=1S/C14H25NO/c15-11-14(8-4-5-9-14)13(16)10-12-6-2-1-3-7-12/h12H,1-11,15H2. The Morgan fingerprint density at radius 1 is 1.06 bits per heavy atom. The minimum absolute atomic E-state index is 0.114. The first kappa shape index (κ1) is 12.1. The monoisotopic (exact) mass is 223 g/mol. The summed E-state index contributed by atoms with van der Waals surface area (Å²) in [5, 5.41) is 0. The van der Waals surface area contributed by atoms with Crippen molar-refractivity contribution in [2.75, 3.05) is 6.54 Å². The number of nitrogens with two attached hydrogens (primary N) is 1. The van der Waals surface area contributed by atoms with Crippen LogP contribution >= 0.6 is 0 Å². The molecule has 16 heavy (non-hydrogen) atoms. The van der Waals surface area contributed by atoms with Gasteiger partial charge in [-0.3, -0.25) is 4.79 Å². The van der Waals surface area contributed by atoms with Crippen molar-refractivity contribution in [3.63, 3.8) is 0 Å². The van der Waals surface area contributed by atoms with E-state index in [0.29, 0.717) is 18.2 Å². The van der Waals surface area contributed by atoms with Gasteiger partial charge in [0.2, 0.25) is 0 Å². The van der Waals surface area contributed by atoms with Crippen LogP contribution in [0.4, 0.5) is 0 Å². The van der Waals surface area contributed by atoms with Crippen LogP contribution in [0.5, 0.6) is 0 Å². The average Bonchev–Trinajstić information content (AvgIpc) is 2.80. The summed E-state index contributed by atoms with van der Waals surface area (Å²) in [6.45, 7) is 0.582. The minimum Gasteiger partial charge on any atom is -0.329 e. The van der Waals surface area contributed by atoms with Crippen LogP contribution in [0.2, 0.25) is 0 Å². The van der Waals surface area contributed by atoms with Crippen molar-refractivity contribution in [3.8, 4) is 0 Å². The summed E-state index contributed by atoms with van der Waals surface area (Å²) < 4.78 is 0. The van der Waals surface area contributed by atoms with Crippen LogP contribution in [0.25, 0.3) is 0 Å². The van der Waals surface area contributed by atoms with Crippen LogP contribution in [-0.4, -0.2) is 12.3 Å². The molecule has 0 amide bonds. The molecular formula is C14H25NO. The number of hydrogen-bond donors (Lipinski definition) is 1. The molecule has 0 radical (unpaired) electrons. The van der Waals surface area contributed by atoms with Crippen molar-refractivity contribution in [3.05, 3.63) is 0 Å². The predicted octanol–water partition coefficient (Wildman–Crippen LogP) is 3.05. The van der Waals surface area contributed by atoms with Gasteiger partial charge in [0.1, 0.15) is 5.78 Å². The molecule has 0 atom stereocenters. The van der Waals surface area contributed by atoms with Gasteiger partial charge in [0.05, 0.1) is 0 Å². The molecule has 2 rings (SSSR count). The molecule has 0 aromatic heterocycles. The molecule has 0 aliphatic heterocycles. The van der Waals surface area contributed by atoms with E-state index in [1.54, 1.807) is 0 Å². The zero-order chi connectivity index (χ0) is 11.4. The third-order valence-electron chi connectivity index (χ3n) is 4.74. The molecule has 2 aliphatic rings. The van der Waals surface area contributed by atoms with E-state index in [-0.39, 0.29) is 5.41 Å². The van der Waals surface area contributed by atoms with Gasteiger partial charge >= 0.3 is 0 Å². The molecule has 0 aromatic carbocycles. The van der Waals surface area contributed by atoms with Crippen molar-refractivity contribution < 1.29 is 4.79 Å². The predicted molar refractivity (Wildman–Crippen MR) is 66.2 cm³/mol. The van der Waals surface area contributed by atoms with Crippen molar-refractivity contribution in [2.45, 2.75) is 64.2 Å². The highest BCUT2D eigenvalue weighted by Crippen LogP contribution is 2.40. The van der Waals surface area contributed by atoms with E-state index >= 15 is 0 Å². The third kappa shape index (κ3) is 2.48. The van der Waals surface area contributed by atoms with Gasteiger partial charge in [-0.2, -0.15) is 0 Å². The summed E-state index contributed by atoms with van der Waals surface area (Å²) in [5.74, 6) is 1.16. The van der Waals surface area contributed by atoms with Crippen LogP contribution in [0.15, 0.2) is 0 Å². The van der Waals surface area contributed by atoms with Crippen LogP contribution < -0.4 is 5.73 Å². The molecule has 2 heteroatoms. The van der Waals surface area contributed by atoms with Gasteiger partial charge in [0.15, 0.2) is 0 Å². The fourth-order valence-electron chi connectivity index (χ4n) is 3.52. The Kier molecular flexibility index (Phi) is 4.01. The molecule has 2 aliphatic carbocycles. The lowest BCUT2D eigenvalue weighted by molar-refractivity contribution is -0.129. The molecule has 2 N–H and O–H groups in total. The maximum atomic E-state index is 12.4. The molecule has 92 valence electrons. The molecule has 0 unspecified atom stereocenters. The lowest BCUT2D eigenvalue weighted by Gasteiger charge is -2.29. The maximum absolute atomic E-state index is 12.4. The number of hydrogen-bond acceptors (Lipinski definition) is 2. The lowest BCUT2D eigenvalue weighted by Crippen LogP contribution is -2.37. The van der Waals surface area contributed by atoms with Crippen molar-refractivity contribution >= 4 is 5.78 Å². The number of ketones is 1. The first-order chi connectivity index (χ1) is 7.77. The number of carbonyl (C=O) groups is 1. The summed E-state index contributed by atoms with van der Waals surface area (Å²) >= 11 is 0. The summed E-state index contributed by atoms with van der Waals surface area (Å²) in [6, 6.07) is 0. The molecule has 2 saturated carbocycles. The normalized spacial score (nSPS) is 25.8. The Morgan fingerprint density at radius 2 is 1.69 bits per heavy atom. The van der Waals surface area contributed by atoms with Crippen LogP contribution in [0, 0.1) is 11.3 Å². The van der Waals surface area contributed by atoms with E-state index in [1.165, 1.54) is 44.9 Å². The molecule has 2 nitrogen and oxygen atoms in total. The molecule has 0 bridgehead atoms. The highest BCUT2D eigenvalue weighted by Gasteiger charge is 2.39. The van der Waals surface area contributed by atoms with Gasteiger partial charge in [0, 0.05) is 18.4 Å². The SMILES string of the molecule is NCC1(C(=O)CC2CCCCC2)CCCC1. The second-order valence-corrected chi connectivity index (χ2v) is 5.82. The van der Waals surface area contributed by atoms with Crippen molar-refractivity contribution in [2.24, 2.45) is 17.1 Å². The van der Waals surface area contributed by atoms with E-state index < -0.39 is 0 Å². The van der Waals surface area contributed by atoms with Gasteiger partial charge in [-0.1, -0.05) is 44.9 Å². The molecule has 0 spiro atoms. The summed E-state index contributed by atoms with van der Waals surface area (Å²) in [7, 11) is 0. The Morgan fingerprint density at radius 3 is 2.25 bits per heavy atom. The first-order valence-electron chi connectivity index (χ1n) is 7.00. The fourth-order valence-corrected chi connectivity index (χ4v) is 3.52. The van der Waals surface area contributed by atoms with Gasteiger partial charge < -0.3 is 5.73 Å². The summed E-state index contributed by atoms with van der Waals surface area (Å²) in [5.41, 5.74) is 5.74. The fraction of sp³-hybridized carbons (Fsp3) is 0.929. The van der Waals surface area contributed by atoms with Gasteiger partial charge in [0.25, 0.3) is 0 Å². The van der Waals surface area contributed by atoms with E-state index in [9.17, 15) is 4.79 Å². The molecule has 0 heterocycles. The number of Topliss-reactive ketones (excluding diaryl/α,β-unsaturated/α-hetero) is 1. The Balaban J connectivity index is 1.90. The quantitative estimate of drug-likeness (QED) is 0.796. The molecular weight excluding hydrogens is 198 g/mol. The van der Waals surface area contributed by atoms with Crippen molar-refractivity contribution in [1.29, 1.82) is 0 Å². The van der Waals surface area contributed by atoms with Crippen LogP contribution in [-0.2, 0) is 4.79 Å². The number of rotatable bonds is 4. The topological polar surface area (TPSA) is 43.1 Å². The first-order valence-corrected chi connectivity index (χ1v) is 7.00. The van der Waals surface area contributed by atoms with E-state index in [1.807, 2.05) is 0 Å². The van der Waals surface area contributed by atoms with Gasteiger partial charge in [-0.15, -0.1) is 0 Å². The van der Waals surface area contributed by atoms with Gasteiger partial charge in [-0.05, 0) is 18.8 Å². The molecule has 0 aromatic rings. The van der Waals surface area contributed by atoms with Crippen LogP contribution in [0.3, 0.4) is 0 Å². The highest BCUT2D eigenvalue weighted by atomic mass is 16.1. The van der Waals surface area contributed by atoms with Crippen LogP contribution in [0.1, 0.15) is 64.2 Å². The minimum atomic E-state index is -0.114. The zero-order valence-corrected chi connectivity index (χ0v) is 10.3. The van der Waals surface area contributed by atoms with Gasteiger partial charge in [-0.25, -0.2) is 0 Å². The smallest absolute Gasteiger partial charge is 0.140 e. The molecule has 2 fully saturated rings. The second kappa shape index (κ2) is 5.31. The van der Waals surface area contributed by atoms with E-state index in [0.717, 1.165) is 19.3 Å². The zero-order valence-electron chi connectivity index (χ0n) is 10.3. The Hall–Kier alpha value is -0.370. The lowest BCUT2D eigenvalue weighted by atomic mass is 9.75. The summed E-state index contributed by atoms with van der Waals surface area (Å²) in [6.07, 6.45) is 11.9. The van der Waals surface area contributed by atoms with Crippen molar-refractivity contribution in [1.82, 2.24) is 0 Å². The molecule has 0 saturated heterocycles. The van der Waals surface area contributed by atoms with E-state index in [2.05, 4.69) is 0 Å². The number of carbonyl (C=O) groups excluding carboxylic acids is 1. The Labute approximate surface area is 99.0 Å². The Bertz CT molecular complexity index is 237.